The number of piperidine rings is 1. The van der Waals surface area contributed by atoms with E-state index in [4.69, 9.17) is 4.74 Å². The molecule has 0 aromatic heterocycles. The summed E-state index contributed by atoms with van der Waals surface area (Å²) in [6, 6.07) is 0. The van der Waals surface area contributed by atoms with E-state index in [0.717, 1.165) is 19.3 Å². The Morgan fingerprint density at radius 1 is 1.43 bits per heavy atom. The van der Waals surface area contributed by atoms with Crippen LogP contribution in [0.5, 0.6) is 0 Å². The van der Waals surface area contributed by atoms with E-state index in [1.807, 2.05) is 0 Å². The summed E-state index contributed by atoms with van der Waals surface area (Å²) in [5.41, 5.74) is -0.966. The molecule has 0 spiro atoms. The highest BCUT2D eigenvalue weighted by Crippen LogP contribution is 2.39. The third-order valence-corrected chi connectivity index (χ3v) is 6.36. The topological polar surface area (TPSA) is 66.8 Å². The summed E-state index contributed by atoms with van der Waals surface area (Å²) in [7, 11) is -3.12. The lowest BCUT2D eigenvalue weighted by molar-refractivity contribution is -0.161. The van der Waals surface area contributed by atoms with Gasteiger partial charge in [-0.05, 0) is 44.9 Å². The lowest BCUT2D eigenvalue weighted by Gasteiger charge is -2.45. The molecule has 3 atom stereocenters. The number of hydrogen-bond donors (Lipinski definition) is 1. The van der Waals surface area contributed by atoms with Crippen molar-refractivity contribution in [2.45, 2.75) is 63.6 Å². The fourth-order valence-electron chi connectivity index (χ4n) is 3.76. The zero-order chi connectivity index (χ0) is 15.7. The van der Waals surface area contributed by atoms with Gasteiger partial charge in [0.15, 0.2) is 0 Å². The van der Waals surface area contributed by atoms with Crippen molar-refractivity contribution in [1.29, 1.82) is 0 Å². The van der Waals surface area contributed by atoms with Gasteiger partial charge in [0, 0.05) is 19.5 Å². The van der Waals surface area contributed by atoms with E-state index in [1.54, 1.807) is 4.31 Å². The Labute approximate surface area is 128 Å². The summed E-state index contributed by atoms with van der Waals surface area (Å²) < 4.78 is 30.8. The summed E-state index contributed by atoms with van der Waals surface area (Å²) in [6.07, 6.45) is 6.01. The van der Waals surface area contributed by atoms with Crippen LogP contribution in [0.3, 0.4) is 0 Å². The Bertz CT molecular complexity index is 466. The molecule has 2 aliphatic rings. The van der Waals surface area contributed by atoms with E-state index in [1.165, 1.54) is 6.26 Å². The van der Waals surface area contributed by atoms with E-state index in [0.29, 0.717) is 39.0 Å². The summed E-state index contributed by atoms with van der Waals surface area (Å²) in [4.78, 5) is 0. The second-order valence-corrected chi connectivity index (χ2v) is 9.12. The SMILES string of the molecule is CCC1(C)CC(O)(CC2CCCN(S(C)(=O)=O)C2)CCO1. The van der Waals surface area contributed by atoms with Gasteiger partial charge in [-0.1, -0.05) is 6.92 Å². The number of ether oxygens (including phenoxy) is 1. The highest BCUT2D eigenvalue weighted by atomic mass is 32.2. The van der Waals surface area contributed by atoms with Gasteiger partial charge in [-0.3, -0.25) is 0 Å². The third-order valence-electron chi connectivity index (χ3n) is 5.09. The van der Waals surface area contributed by atoms with Crippen molar-refractivity contribution in [2.75, 3.05) is 26.0 Å². The average Bonchev–Trinajstić information content (AvgIpc) is 2.37. The van der Waals surface area contributed by atoms with E-state index in [-0.39, 0.29) is 11.5 Å². The zero-order valence-corrected chi connectivity index (χ0v) is 14.3. The minimum atomic E-state index is -3.12. The molecular weight excluding hydrogens is 290 g/mol. The smallest absolute Gasteiger partial charge is 0.211 e. The number of aliphatic hydroxyl groups is 1. The molecule has 0 saturated carbocycles. The fraction of sp³-hybridized carbons (Fsp3) is 1.00. The van der Waals surface area contributed by atoms with Gasteiger partial charge in [-0.15, -0.1) is 0 Å². The van der Waals surface area contributed by atoms with Crippen molar-refractivity contribution in [3.05, 3.63) is 0 Å². The summed E-state index contributed by atoms with van der Waals surface area (Å²) >= 11 is 0. The fourth-order valence-corrected chi connectivity index (χ4v) is 4.70. The molecule has 21 heavy (non-hydrogen) atoms. The molecule has 2 rings (SSSR count). The predicted octanol–water partition coefficient (Wildman–Crippen LogP) is 1.76. The third kappa shape index (κ3) is 4.41. The Kier molecular flexibility index (Phi) is 5.03. The van der Waals surface area contributed by atoms with Crippen LogP contribution in [0.25, 0.3) is 0 Å². The maximum absolute atomic E-state index is 11.7. The first-order valence-electron chi connectivity index (χ1n) is 7.97. The Hall–Kier alpha value is -0.170. The van der Waals surface area contributed by atoms with Crippen molar-refractivity contribution in [2.24, 2.45) is 5.92 Å². The van der Waals surface area contributed by atoms with E-state index in [2.05, 4.69) is 13.8 Å². The predicted molar refractivity (Wildman–Crippen MR) is 82.6 cm³/mol. The molecular formula is C15H29NO4S. The minimum absolute atomic E-state index is 0.248. The Balaban J connectivity index is 2.00. The molecule has 5 nitrogen and oxygen atoms in total. The summed E-state index contributed by atoms with van der Waals surface area (Å²) in [5.74, 6) is 0.248. The van der Waals surface area contributed by atoms with Crippen LogP contribution in [-0.4, -0.2) is 55.0 Å². The van der Waals surface area contributed by atoms with Crippen LogP contribution in [0.15, 0.2) is 0 Å². The Morgan fingerprint density at radius 3 is 2.76 bits per heavy atom. The first-order valence-corrected chi connectivity index (χ1v) is 9.82. The molecule has 2 aliphatic heterocycles. The van der Waals surface area contributed by atoms with Crippen molar-refractivity contribution in [1.82, 2.24) is 4.31 Å². The number of hydrogen-bond acceptors (Lipinski definition) is 4. The van der Waals surface area contributed by atoms with E-state index >= 15 is 0 Å². The number of rotatable bonds is 4. The van der Waals surface area contributed by atoms with Crippen LogP contribution < -0.4 is 0 Å². The van der Waals surface area contributed by atoms with Crippen LogP contribution in [0.4, 0.5) is 0 Å². The monoisotopic (exact) mass is 319 g/mol. The molecule has 2 heterocycles. The molecule has 0 bridgehead atoms. The second kappa shape index (κ2) is 6.14. The van der Waals surface area contributed by atoms with Gasteiger partial charge in [0.05, 0.1) is 24.1 Å². The highest BCUT2D eigenvalue weighted by molar-refractivity contribution is 7.88. The molecule has 6 heteroatoms. The number of nitrogens with zero attached hydrogens (tertiary/aromatic N) is 1. The molecule has 0 aromatic carbocycles. The van der Waals surface area contributed by atoms with Crippen molar-refractivity contribution < 1.29 is 18.3 Å². The van der Waals surface area contributed by atoms with Gasteiger partial charge < -0.3 is 9.84 Å². The van der Waals surface area contributed by atoms with Crippen LogP contribution in [0.2, 0.25) is 0 Å². The first-order chi connectivity index (χ1) is 9.66. The van der Waals surface area contributed by atoms with Gasteiger partial charge in [0.2, 0.25) is 10.0 Å². The van der Waals surface area contributed by atoms with Crippen molar-refractivity contribution >= 4 is 10.0 Å². The molecule has 0 radical (unpaired) electrons. The first kappa shape index (κ1) is 17.2. The van der Waals surface area contributed by atoms with Crippen molar-refractivity contribution in [3.8, 4) is 0 Å². The van der Waals surface area contributed by atoms with E-state index < -0.39 is 15.6 Å². The van der Waals surface area contributed by atoms with Gasteiger partial charge in [0.1, 0.15) is 0 Å². The molecule has 1 N–H and O–H groups in total. The molecule has 0 aliphatic carbocycles. The molecule has 124 valence electrons. The van der Waals surface area contributed by atoms with Crippen LogP contribution >= 0.6 is 0 Å². The lowest BCUT2D eigenvalue weighted by atomic mass is 9.75. The largest absolute Gasteiger partial charge is 0.390 e. The average molecular weight is 319 g/mol. The zero-order valence-electron chi connectivity index (χ0n) is 13.5. The van der Waals surface area contributed by atoms with Gasteiger partial charge in [-0.2, -0.15) is 0 Å². The molecule has 0 aromatic rings. The summed E-state index contributed by atoms with van der Waals surface area (Å²) in [6.45, 7) is 5.89. The maximum atomic E-state index is 11.7. The van der Waals surface area contributed by atoms with Gasteiger partial charge in [0.25, 0.3) is 0 Å². The van der Waals surface area contributed by atoms with Gasteiger partial charge in [-0.25, -0.2) is 12.7 Å². The highest BCUT2D eigenvalue weighted by Gasteiger charge is 2.43. The lowest BCUT2D eigenvalue weighted by Crippen LogP contribution is -2.49. The minimum Gasteiger partial charge on any atom is -0.390 e. The molecule has 3 unspecified atom stereocenters. The molecule has 2 saturated heterocycles. The van der Waals surface area contributed by atoms with Crippen LogP contribution in [-0.2, 0) is 14.8 Å². The van der Waals surface area contributed by atoms with Crippen LogP contribution in [0.1, 0.15) is 52.4 Å². The molecule has 2 fully saturated rings. The normalized spacial score (nSPS) is 39.3. The Morgan fingerprint density at radius 2 is 2.14 bits per heavy atom. The van der Waals surface area contributed by atoms with Crippen molar-refractivity contribution in [3.63, 3.8) is 0 Å². The summed E-state index contributed by atoms with van der Waals surface area (Å²) in [5, 5.41) is 10.9. The van der Waals surface area contributed by atoms with Crippen LogP contribution in [0, 0.1) is 5.92 Å². The quantitative estimate of drug-likeness (QED) is 0.857. The van der Waals surface area contributed by atoms with Gasteiger partial charge >= 0.3 is 0 Å². The second-order valence-electron chi connectivity index (χ2n) is 7.14. The molecule has 0 amide bonds. The number of sulfonamides is 1. The maximum Gasteiger partial charge on any atom is 0.211 e. The van der Waals surface area contributed by atoms with E-state index in [9.17, 15) is 13.5 Å². The standard InChI is InChI=1S/C15H29NO4S/c1-4-14(2)12-15(17,7-9-20-14)10-13-6-5-8-16(11-13)21(3,18)19/h13,17H,4-12H2,1-3H3.